The lowest BCUT2D eigenvalue weighted by Gasteiger charge is -2.16. The van der Waals surface area contributed by atoms with Crippen molar-refractivity contribution < 1.29 is 18.3 Å². The van der Waals surface area contributed by atoms with Gasteiger partial charge in [-0.2, -0.15) is 0 Å². The van der Waals surface area contributed by atoms with Crippen molar-refractivity contribution in [2.24, 2.45) is 0 Å². The van der Waals surface area contributed by atoms with Gasteiger partial charge < -0.3 is 5.11 Å². The van der Waals surface area contributed by atoms with E-state index in [9.17, 15) is 13.2 Å². The summed E-state index contributed by atoms with van der Waals surface area (Å²) in [4.78, 5) is 12.5. The summed E-state index contributed by atoms with van der Waals surface area (Å²) in [6, 6.07) is 8.16. The quantitative estimate of drug-likeness (QED) is 0.634. The molecule has 0 fully saturated rings. The van der Waals surface area contributed by atoms with Gasteiger partial charge in [0.05, 0.1) is 4.90 Å². The zero-order chi connectivity index (χ0) is 16.4. The van der Waals surface area contributed by atoms with Gasteiger partial charge in [0.15, 0.2) is 15.6 Å². The molecule has 0 radical (unpaired) electrons. The van der Waals surface area contributed by atoms with Crippen LogP contribution in [-0.4, -0.2) is 31.2 Å². The predicted molar refractivity (Wildman–Crippen MR) is 87.5 cm³/mol. The van der Waals surface area contributed by atoms with Gasteiger partial charge in [-0.1, -0.05) is 50.8 Å². The van der Waals surface area contributed by atoms with Crippen molar-refractivity contribution in [3.05, 3.63) is 30.3 Å². The van der Waals surface area contributed by atoms with E-state index < -0.39 is 15.1 Å². The number of ketones is 1. The van der Waals surface area contributed by atoms with Crippen LogP contribution in [0.15, 0.2) is 35.2 Å². The second kappa shape index (κ2) is 9.74. The Morgan fingerprint density at radius 1 is 1.09 bits per heavy atom. The summed E-state index contributed by atoms with van der Waals surface area (Å²) in [5, 5.41) is 7.87. The minimum absolute atomic E-state index is 0.0975. The van der Waals surface area contributed by atoms with Gasteiger partial charge in [-0.3, -0.25) is 4.79 Å². The molecule has 1 aromatic carbocycles. The molecule has 0 aliphatic rings. The fourth-order valence-corrected chi connectivity index (χ4v) is 4.24. The molecule has 1 aromatic rings. The van der Waals surface area contributed by atoms with Crippen molar-refractivity contribution in [2.45, 2.75) is 62.0 Å². The molecule has 0 saturated carbocycles. The standard InChI is InChI=1S/C17H26O4S/c1-2-3-4-8-13-17(16(19)12-9-14-18)22(20,21)15-10-6-5-7-11-15/h5-7,10-11,17-18H,2-4,8-9,12-14H2,1H3. The first kappa shape index (κ1) is 18.8. The van der Waals surface area contributed by atoms with Gasteiger partial charge in [0, 0.05) is 13.0 Å². The Labute approximate surface area is 133 Å². The van der Waals surface area contributed by atoms with E-state index in [1.54, 1.807) is 18.2 Å². The highest BCUT2D eigenvalue weighted by Gasteiger charge is 2.32. The van der Waals surface area contributed by atoms with E-state index in [4.69, 9.17) is 5.11 Å². The van der Waals surface area contributed by atoms with Crippen molar-refractivity contribution in [3.8, 4) is 0 Å². The van der Waals surface area contributed by atoms with Crippen LogP contribution in [-0.2, 0) is 14.6 Å². The Hall–Kier alpha value is -1.20. The monoisotopic (exact) mass is 326 g/mol. The Morgan fingerprint density at radius 2 is 1.77 bits per heavy atom. The number of carbonyl (C=O) groups excluding carboxylic acids is 1. The summed E-state index contributed by atoms with van der Waals surface area (Å²) >= 11 is 0. The van der Waals surface area contributed by atoms with Gasteiger partial charge in [0.25, 0.3) is 0 Å². The van der Waals surface area contributed by atoms with Crippen molar-refractivity contribution in [3.63, 3.8) is 0 Å². The third kappa shape index (κ3) is 5.54. The van der Waals surface area contributed by atoms with Gasteiger partial charge in [-0.25, -0.2) is 8.42 Å². The zero-order valence-electron chi connectivity index (χ0n) is 13.2. The Balaban J connectivity index is 2.90. The molecule has 1 rings (SSSR count). The van der Waals surface area contributed by atoms with E-state index in [1.807, 2.05) is 0 Å². The lowest BCUT2D eigenvalue weighted by molar-refractivity contribution is -0.119. The van der Waals surface area contributed by atoms with Gasteiger partial charge in [-0.15, -0.1) is 0 Å². The first-order valence-corrected chi connectivity index (χ1v) is 9.51. The minimum Gasteiger partial charge on any atom is -0.396 e. The summed E-state index contributed by atoms with van der Waals surface area (Å²) in [6.45, 7) is 1.99. The number of sulfone groups is 1. The molecule has 0 amide bonds. The third-order valence-corrected chi connectivity index (χ3v) is 5.88. The van der Waals surface area contributed by atoms with Crippen LogP contribution in [0.4, 0.5) is 0 Å². The van der Waals surface area contributed by atoms with Crippen LogP contribution >= 0.6 is 0 Å². The number of Topliss-reactive ketones (excluding diaryl/α,β-unsaturated/α-hetero) is 1. The summed E-state index contributed by atoms with van der Waals surface area (Å²) in [6.07, 6.45) is 4.56. The van der Waals surface area contributed by atoms with Crippen LogP contribution in [0.5, 0.6) is 0 Å². The number of aliphatic hydroxyl groups is 1. The summed E-state index contributed by atoms with van der Waals surface area (Å²) in [5.41, 5.74) is 0. The van der Waals surface area contributed by atoms with Gasteiger partial charge in [0.2, 0.25) is 0 Å². The van der Waals surface area contributed by atoms with Crippen LogP contribution in [0.2, 0.25) is 0 Å². The number of aliphatic hydroxyl groups excluding tert-OH is 1. The first-order valence-electron chi connectivity index (χ1n) is 7.96. The molecule has 0 heterocycles. The summed E-state index contributed by atoms with van der Waals surface area (Å²) in [7, 11) is -3.65. The lowest BCUT2D eigenvalue weighted by Crippen LogP contribution is -2.30. The number of carbonyl (C=O) groups is 1. The van der Waals surface area contributed by atoms with E-state index >= 15 is 0 Å². The molecule has 0 aliphatic heterocycles. The molecule has 0 aliphatic carbocycles. The predicted octanol–water partition coefficient (Wildman–Crippen LogP) is 3.14. The Bertz CT molecular complexity index is 537. The van der Waals surface area contributed by atoms with E-state index in [-0.39, 0.29) is 23.7 Å². The average Bonchev–Trinajstić information content (AvgIpc) is 2.53. The van der Waals surface area contributed by atoms with Crippen LogP contribution in [0.3, 0.4) is 0 Å². The lowest BCUT2D eigenvalue weighted by atomic mass is 10.1. The molecule has 1 unspecified atom stereocenters. The maximum Gasteiger partial charge on any atom is 0.188 e. The summed E-state index contributed by atoms with van der Waals surface area (Å²) < 4.78 is 25.4. The fourth-order valence-electron chi connectivity index (χ4n) is 2.43. The van der Waals surface area contributed by atoms with E-state index in [2.05, 4.69) is 6.92 Å². The van der Waals surface area contributed by atoms with Crippen LogP contribution in [0.1, 0.15) is 51.9 Å². The number of benzene rings is 1. The highest BCUT2D eigenvalue weighted by molar-refractivity contribution is 7.92. The molecule has 4 nitrogen and oxygen atoms in total. The number of rotatable bonds is 11. The molecule has 0 spiro atoms. The van der Waals surface area contributed by atoms with E-state index in [0.29, 0.717) is 12.8 Å². The Morgan fingerprint density at radius 3 is 2.36 bits per heavy atom. The molecule has 0 saturated heterocycles. The van der Waals surface area contributed by atoms with Crippen molar-refractivity contribution in [2.75, 3.05) is 6.61 Å². The maximum absolute atomic E-state index is 12.7. The normalized spacial score (nSPS) is 13.0. The molecule has 22 heavy (non-hydrogen) atoms. The average molecular weight is 326 g/mol. The SMILES string of the molecule is CCCCCCC(C(=O)CCCO)S(=O)(=O)c1ccccc1. The molecule has 0 bridgehead atoms. The molecular weight excluding hydrogens is 300 g/mol. The van der Waals surface area contributed by atoms with Gasteiger partial charge in [0.1, 0.15) is 5.25 Å². The second-order valence-electron chi connectivity index (χ2n) is 5.49. The van der Waals surface area contributed by atoms with Gasteiger partial charge in [-0.05, 0) is 25.0 Å². The molecule has 1 N–H and O–H groups in total. The van der Waals surface area contributed by atoms with Crippen molar-refractivity contribution in [1.29, 1.82) is 0 Å². The van der Waals surface area contributed by atoms with Crippen molar-refractivity contribution in [1.82, 2.24) is 0 Å². The third-order valence-electron chi connectivity index (χ3n) is 3.71. The van der Waals surface area contributed by atoms with E-state index in [1.165, 1.54) is 12.1 Å². The Kier molecular flexibility index (Phi) is 8.35. The van der Waals surface area contributed by atoms with Crippen LogP contribution in [0, 0.1) is 0 Å². The molecule has 124 valence electrons. The molecule has 0 aromatic heterocycles. The van der Waals surface area contributed by atoms with E-state index in [0.717, 1.165) is 25.7 Å². The smallest absolute Gasteiger partial charge is 0.188 e. The fraction of sp³-hybridized carbons (Fsp3) is 0.588. The largest absolute Gasteiger partial charge is 0.396 e. The molecular formula is C17H26O4S. The first-order chi connectivity index (χ1) is 10.5. The highest BCUT2D eigenvalue weighted by atomic mass is 32.2. The molecule has 1 atom stereocenters. The highest BCUT2D eigenvalue weighted by Crippen LogP contribution is 2.22. The topological polar surface area (TPSA) is 71.4 Å². The minimum atomic E-state index is -3.65. The number of unbranched alkanes of at least 4 members (excludes halogenated alkanes) is 3. The maximum atomic E-state index is 12.7. The van der Waals surface area contributed by atoms with Crippen LogP contribution in [0.25, 0.3) is 0 Å². The second-order valence-corrected chi connectivity index (χ2v) is 7.62. The van der Waals surface area contributed by atoms with Crippen molar-refractivity contribution >= 4 is 15.6 Å². The van der Waals surface area contributed by atoms with Gasteiger partial charge >= 0.3 is 0 Å². The molecule has 5 heteroatoms. The number of hydrogen-bond acceptors (Lipinski definition) is 4. The number of hydrogen-bond donors (Lipinski definition) is 1. The van der Waals surface area contributed by atoms with Crippen LogP contribution < -0.4 is 0 Å². The zero-order valence-corrected chi connectivity index (χ0v) is 14.0. The summed E-state index contributed by atoms with van der Waals surface area (Å²) in [5.74, 6) is -0.283.